The van der Waals surface area contributed by atoms with E-state index < -0.39 is 4.92 Å². The largest absolute Gasteiger partial charge is 0.330 e. The van der Waals surface area contributed by atoms with E-state index in [2.05, 4.69) is 10.1 Å². The fourth-order valence-electron chi connectivity index (χ4n) is 3.37. The van der Waals surface area contributed by atoms with Gasteiger partial charge in [-0.3, -0.25) is 19.9 Å². The van der Waals surface area contributed by atoms with E-state index in [0.29, 0.717) is 34.8 Å². The highest BCUT2D eigenvalue weighted by Crippen LogP contribution is 2.34. The first-order valence-electron chi connectivity index (χ1n) is 8.03. The van der Waals surface area contributed by atoms with Gasteiger partial charge in [0.15, 0.2) is 5.69 Å². The summed E-state index contributed by atoms with van der Waals surface area (Å²) in [5.41, 5.74) is 2.42. The van der Waals surface area contributed by atoms with Crippen LogP contribution in [0, 0.1) is 10.1 Å². The Morgan fingerprint density at radius 2 is 2.19 bits per heavy atom. The van der Waals surface area contributed by atoms with Crippen LogP contribution in [0.4, 0.5) is 5.69 Å². The standard InChI is InChI=1S/C17H14ClN5O3/c1-10-14-7-19-8-16(23(25)26)13(14)4-5-21(10)17(24)15-6-12-3-2-11(18)9-22(12)20-15/h2-3,6-10H,4-5H2,1H3. The lowest BCUT2D eigenvalue weighted by Gasteiger charge is -2.34. The van der Waals surface area contributed by atoms with Crippen LogP contribution in [-0.4, -0.2) is 36.9 Å². The summed E-state index contributed by atoms with van der Waals surface area (Å²) in [6, 6.07) is 4.89. The van der Waals surface area contributed by atoms with Crippen molar-refractivity contribution in [2.24, 2.45) is 0 Å². The van der Waals surface area contributed by atoms with E-state index in [-0.39, 0.29) is 17.6 Å². The van der Waals surface area contributed by atoms with E-state index in [1.54, 1.807) is 40.0 Å². The monoisotopic (exact) mass is 371 g/mol. The maximum atomic E-state index is 13.0. The lowest BCUT2D eigenvalue weighted by molar-refractivity contribution is -0.386. The van der Waals surface area contributed by atoms with Gasteiger partial charge in [0.05, 0.1) is 21.5 Å². The number of hydrogen-bond donors (Lipinski definition) is 0. The Hall–Kier alpha value is -3.00. The molecular weight excluding hydrogens is 358 g/mol. The van der Waals surface area contributed by atoms with Crippen LogP contribution >= 0.6 is 11.6 Å². The van der Waals surface area contributed by atoms with Crippen LogP contribution in [0.2, 0.25) is 5.02 Å². The highest BCUT2D eigenvalue weighted by Gasteiger charge is 2.33. The Morgan fingerprint density at radius 3 is 2.96 bits per heavy atom. The number of hydrogen-bond acceptors (Lipinski definition) is 5. The number of pyridine rings is 2. The molecule has 1 aliphatic rings. The normalized spacial score (nSPS) is 16.5. The molecule has 9 heteroatoms. The molecule has 0 saturated carbocycles. The van der Waals surface area contributed by atoms with Gasteiger partial charge in [-0.2, -0.15) is 5.10 Å². The molecule has 0 spiro atoms. The van der Waals surface area contributed by atoms with Crippen molar-refractivity contribution in [1.82, 2.24) is 19.5 Å². The molecule has 0 radical (unpaired) electrons. The van der Waals surface area contributed by atoms with Gasteiger partial charge in [-0.15, -0.1) is 0 Å². The number of nitrogens with zero attached hydrogens (tertiary/aromatic N) is 5. The molecule has 0 aliphatic carbocycles. The smallest absolute Gasteiger partial charge is 0.291 e. The molecule has 1 amide bonds. The van der Waals surface area contributed by atoms with Crippen LogP contribution in [0.1, 0.15) is 34.6 Å². The van der Waals surface area contributed by atoms with Crippen molar-refractivity contribution in [2.45, 2.75) is 19.4 Å². The highest BCUT2D eigenvalue weighted by atomic mass is 35.5. The molecule has 0 N–H and O–H groups in total. The molecule has 132 valence electrons. The van der Waals surface area contributed by atoms with E-state index in [9.17, 15) is 14.9 Å². The van der Waals surface area contributed by atoms with Gasteiger partial charge >= 0.3 is 0 Å². The molecular formula is C17H14ClN5O3. The van der Waals surface area contributed by atoms with Crippen LogP contribution in [0.5, 0.6) is 0 Å². The minimum absolute atomic E-state index is 0.00354. The summed E-state index contributed by atoms with van der Waals surface area (Å²) in [6.07, 6.45) is 4.89. The predicted molar refractivity (Wildman–Crippen MR) is 94.2 cm³/mol. The first kappa shape index (κ1) is 16.5. The zero-order chi connectivity index (χ0) is 18.4. The van der Waals surface area contributed by atoms with E-state index in [1.165, 1.54) is 6.20 Å². The van der Waals surface area contributed by atoms with Crippen LogP contribution in [0.25, 0.3) is 5.52 Å². The Labute approximate surface area is 153 Å². The van der Waals surface area contributed by atoms with E-state index in [1.807, 2.05) is 6.92 Å². The molecule has 26 heavy (non-hydrogen) atoms. The summed E-state index contributed by atoms with van der Waals surface area (Å²) < 4.78 is 1.56. The minimum Gasteiger partial charge on any atom is -0.330 e. The lowest BCUT2D eigenvalue weighted by atomic mass is 9.94. The van der Waals surface area contributed by atoms with E-state index >= 15 is 0 Å². The third kappa shape index (κ3) is 2.59. The van der Waals surface area contributed by atoms with Gasteiger partial charge in [-0.25, -0.2) is 4.52 Å². The summed E-state index contributed by atoms with van der Waals surface area (Å²) in [5.74, 6) is -0.227. The molecule has 8 nitrogen and oxygen atoms in total. The van der Waals surface area contributed by atoms with Crippen molar-refractivity contribution in [1.29, 1.82) is 0 Å². The fraction of sp³-hybridized carbons (Fsp3) is 0.235. The number of nitro groups is 1. The zero-order valence-electron chi connectivity index (χ0n) is 13.8. The van der Waals surface area contributed by atoms with Crippen LogP contribution < -0.4 is 0 Å². The molecule has 3 aromatic rings. The molecule has 1 aliphatic heterocycles. The summed E-state index contributed by atoms with van der Waals surface area (Å²) >= 11 is 5.96. The number of amides is 1. The Morgan fingerprint density at radius 1 is 1.38 bits per heavy atom. The summed E-state index contributed by atoms with van der Waals surface area (Å²) in [6.45, 7) is 2.22. The van der Waals surface area contributed by atoms with Crippen molar-refractivity contribution in [3.63, 3.8) is 0 Å². The lowest BCUT2D eigenvalue weighted by Crippen LogP contribution is -2.39. The second kappa shape index (κ2) is 6.06. The zero-order valence-corrected chi connectivity index (χ0v) is 14.6. The molecule has 1 atom stereocenters. The van der Waals surface area contributed by atoms with Crippen molar-refractivity contribution < 1.29 is 9.72 Å². The second-order valence-electron chi connectivity index (χ2n) is 6.15. The van der Waals surface area contributed by atoms with Crippen molar-refractivity contribution in [3.8, 4) is 0 Å². The fourth-order valence-corrected chi connectivity index (χ4v) is 3.52. The SMILES string of the molecule is CC1c2cncc([N+](=O)[O-])c2CCN1C(=O)c1cc2ccc(Cl)cn2n1. The predicted octanol–water partition coefficient (Wildman–Crippen LogP) is 3.05. The highest BCUT2D eigenvalue weighted by molar-refractivity contribution is 6.30. The van der Waals surface area contributed by atoms with Gasteiger partial charge in [0, 0.05) is 30.1 Å². The van der Waals surface area contributed by atoms with Crippen LogP contribution in [0.15, 0.2) is 36.8 Å². The molecule has 4 rings (SSSR count). The Kier molecular flexibility index (Phi) is 3.84. The second-order valence-corrected chi connectivity index (χ2v) is 6.59. The summed E-state index contributed by atoms with van der Waals surface area (Å²) in [5, 5.41) is 16.0. The Bertz CT molecular complexity index is 1050. The quantitative estimate of drug-likeness (QED) is 0.509. The van der Waals surface area contributed by atoms with Gasteiger partial charge < -0.3 is 4.90 Å². The molecule has 3 aromatic heterocycles. The third-order valence-corrected chi connectivity index (χ3v) is 4.91. The molecule has 0 fully saturated rings. The average Bonchev–Trinajstić information content (AvgIpc) is 3.04. The van der Waals surface area contributed by atoms with Gasteiger partial charge in [0.25, 0.3) is 11.6 Å². The molecule has 0 aromatic carbocycles. The first-order chi connectivity index (χ1) is 12.5. The number of carbonyl (C=O) groups excluding carboxylic acids is 1. The van der Waals surface area contributed by atoms with E-state index in [4.69, 9.17) is 11.6 Å². The molecule has 4 heterocycles. The van der Waals surface area contributed by atoms with Gasteiger partial charge in [0.2, 0.25) is 0 Å². The molecule has 1 unspecified atom stereocenters. The van der Waals surface area contributed by atoms with Gasteiger partial charge in [0.1, 0.15) is 6.20 Å². The van der Waals surface area contributed by atoms with Gasteiger partial charge in [-0.1, -0.05) is 11.6 Å². The number of rotatable bonds is 2. The number of halogens is 1. The van der Waals surface area contributed by atoms with Crippen molar-refractivity contribution in [3.05, 3.63) is 68.7 Å². The Balaban J connectivity index is 1.69. The van der Waals surface area contributed by atoms with Crippen molar-refractivity contribution >= 4 is 28.7 Å². The molecule has 0 bridgehead atoms. The number of carbonyl (C=O) groups is 1. The third-order valence-electron chi connectivity index (χ3n) is 4.69. The number of aromatic nitrogens is 3. The van der Waals surface area contributed by atoms with Crippen LogP contribution in [-0.2, 0) is 6.42 Å². The topological polar surface area (TPSA) is 93.6 Å². The van der Waals surface area contributed by atoms with Gasteiger partial charge in [-0.05, 0) is 31.5 Å². The van der Waals surface area contributed by atoms with Crippen molar-refractivity contribution in [2.75, 3.05) is 6.54 Å². The first-order valence-corrected chi connectivity index (χ1v) is 8.40. The van der Waals surface area contributed by atoms with E-state index in [0.717, 1.165) is 5.52 Å². The minimum atomic E-state index is -0.429. The van der Waals surface area contributed by atoms with Crippen LogP contribution in [0.3, 0.4) is 0 Å². The average molecular weight is 372 g/mol. The molecule has 0 saturated heterocycles. The number of fused-ring (bicyclic) bond motifs is 2. The summed E-state index contributed by atoms with van der Waals surface area (Å²) in [7, 11) is 0. The summed E-state index contributed by atoms with van der Waals surface area (Å²) in [4.78, 5) is 29.4. The maximum Gasteiger partial charge on any atom is 0.291 e. The maximum absolute atomic E-state index is 13.0.